The van der Waals surface area contributed by atoms with Gasteiger partial charge in [-0.3, -0.25) is 4.99 Å². The van der Waals surface area contributed by atoms with Gasteiger partial charge in [0.15, 0.2) is 0 Å². The molecule has 0 aromatic rings. The zero-order chi connectivity index (χ0) is 9.56. The van der Waals surface area contributed by atoms with Crippen LogP contribution in [0.2, 0.25) is 0 Å². The summed E-state index contributed by atoms with van der Waals surface area (Å²) in [7, 11) is 7.02. The molecule has 0 amide bonds. The van der Waals surface area contributed by atoms with Crippen LogP contribution in [0.5, 0.6) is 0 Å². The number of hydrogen-bond acceptors (Lipinski definition) is 2. The van der Waals surface area contributed by atoms with Crippen molar-refractivity contribution in [1.29, 1.82) is 0 Å². The molecule has 0 atom stereocenters. The molecular formula is C9H13BN2. The highest BCUT2D eigenvalue weighted by molar-refractivity contribution is 6.23. The quantitative estimate of drug-likeness (QED) is 0.375. The van der Waals surface area contributed by atoms with Crippen molar-refractivity contribution in [3.63, 3.8) is 0 Å². The first-order valence-corrected chi connectivity index (χ1v) is 3.59. The third-order valence-electron chi connectivity index (χ3n) is 1.26. The van der Waals surface area contributed by atoms with Crippen LogP contribution in [0.1, 0.15) is 6.92 Å². The zero-order valence-electron chi connectivity index (χ0n) is 7.54. The van der Waals surface area contributed by atoms with Crippen LogP contribution in [0.4, 0.5) is 0 Å². The number of nitrogens with zero attached hydrogens (tertiary/aromatic N) is 1. The molecule has 0 aliphatic carbocycles. The van der Waals surface area contributed by atoms with Crippen molar-refractivity contribution in [3.8, 4) is 0 Å². The molecule has 0 aromatic carbocycles. The van der Waals surface area contributed by atoms with Gasteiger partial charge >= 0.3 is 0 Å². The van der Waals surface area contributed by atoms with Crippen LogP contribution < -0.4 is 5.73 Å². The van der Waals surface area contributed by atoms with E-state index in [0.29, 0.717) is 11.2 Å². The number of rotatable bonds is 3. The van der Waals surface area contributed by atoms with E-state index in [0.717, 1.165) is 5.57 Å². The highest BCUT2D eigenvalue weighted by atomic mass is 14.6. The van der Waals surface area contributed by atoms with Gasteiger partial charge < -0.3 is 5.73 Å². The molecule has 62 valence electrons. The van der Waals surface area contributed by atoms with Crippen LogP contribution in [0.3, 0.4) is 0 Å². The average molecular weight is 160 g/mol. The maximum Gasteiger partial charge on any atom is 0.112 e. The van der Waals surface area contributed by atoms with Gasteiger partial charge in [0.05, 0.1) is 0 Å². The summed E-state index contributed by atoms with van der Waals surface area (Å²) in [5, 5.41) is 0. The van der Waals surface area contributed by atoms with Gasteiger partial charge in [-0.05, 0) is 18.6 Å². The van der Waals surface area contributed by atoms with Crippen LogP contribution in [0, 0.1) is 0 Å². The smallest absolute Gasteiger partial charge is 0.112 e. The molecule has 3 heteroatoms. The van der Waals surface area contributed by atoms with Gasteiger partial charge in [-0.15, -0.1) is 12.1 Å². The van der Waals surface area contributed by atoms with Gasteiger partial charge in [0, 0.05) is 19.0 Å². The lowest BCUT2D eigenvalue weighted by Gasteiger charge is -1.96. The summed E-state index contributed by atoms with van der Waals surface area (Å²) in [4.78, 5) is 3.83. The van der Waals surface area contributed by atoms with E-state index in [1.54, 1.807) is 25.4 Å². The number of aliphatic imine (C=N–C) groups is 1. The van der Waals surface area contributed by atoms with E-state index in [-0.39, 0.29) is 0 Å². The second-order valence-corrected chi connectivity index (χ2v) is 2.43. The van der Waals surface area contributed by atoms with Crippen LogP contribution in [-0.4, -0.2) is 21.1 Å². The SMILES string of the molecule is [B]C(=C)/C=C\C(N)=C(/C)C=NC. The summed E-state index contributed by atoms with van der Waals surface area (Å²) in [5.41, 5.74) is 7.70. The number of allylic oxidation sites excluding steroid dienone is 4. The molecule has 0 aliphatic rings. The Labute approximate surface area is 75.0 Å². The van der Waals surface area contributed by atoms with Crippen LogP contribution in [0.15, 0.2) is 40.5 Å². The molecule has 0 unspecified atom stereocenters. The molecule has 0 fully saturated rings. The molecule has 0 heterocycles. The predicted molar refractivity (Wildman–Crippen MR) is 55.3 cm³/mol. The van der Waals surface area contributed by atoms with Gasteiger partial charge in [-0.1, -0.05) is 6.08 Å². The Morgan fingerprint density at radius 1 is 1.50 bits per heavy atom. The Balaban J connectivity index is 4.46. The molecule has 0 spiro atoms. The molecular weight excluding hydrogens is 147 g/mol. The number of nitrogens with two attached hydrogens (primary N) is 1. The van der Waals surface area contributed by atoms with E-state index < -0.39 is 0 Å². The maximum atomic E-state index is 5.66. The molecule has 0 bridgehead atoms. The Hall–Kier alpha value is -1.25. The Morgan fingerprint density at radius 2 is 2.08 bits per heavy atom. The Bertz CT molecular complexity index is 249. The molecule has 0 aromatic heterocycles. The van der Waals surface area contributed by atoms with E-state index in [2.05, 4.69) is 11.6 Å². The van der Waals surface area contributed by atoms with E-state index in [1.165, 1.54) is 0 Å². The van der Waals surface area contributed by atoms with Crippen LogP contribution in [0.25, 0.3) is 0 Å². The first-order valence-electron chi connectivity index (χ1n) is 3.59. The van der Waals surface area contributed by atoms with Crippen molar-refractivity contribution in [2.45, 2.75) is 6.92 Å². The molecule has 0 aliphatic heterocycles. The summed E-state index contributed by atoms with van der Waals surface area (Å²) in [6, 6.07) is 0. The van der Waals surface area contributed by atoms with E-state index in [4.69, 9.17) is 13.6 Å². The van der Waals surface area contributed by atoms with Gasteiger partial charge in [0.2, 0.25) is 0 Å². The lowest BCUT2D eigenvalue weighted by molar-refractivity contribution is 1.34. The minimum absolute atomic E-state index is 0.485. The molecule has 2 N–H and O–H groups in total. The molecule has 0 rings (SSSR count). The Kier molecular flexibility index (Phi) is 4.85. The summed E-state index contributed by atoms with van der Waals surface area (Å²) < 4.78 is 0. The highest BCUT2D eigenvalue weighted by Crippen LogP contribution is 1.97. The standard InChI is InChI=1S/C9H13BN2/c1-7(6-12-3)9(11)5-4-8(2)10/h4-6H,2,11H2,1,3H3/b5-4-,9-7-,12-6?. The lowest BCUT2D eigenvalue weighted by Crippen LogP contribution is -1.98. The zero-order valence-corrected chi connectivity index (χ0v) is 7.54. The monoisotopic (exact) mass is 160 g/mol. The fraction of sp³-hybridized carbons (Fsp3) is 0.222. The molecule has 0 saturated heterocycles. The van der Waals surface area contributed by atoms with Crippen LogP contribution in [-0.2, 0) is 0 Å². The average Bonchev–Trinajstić information content (AvgIpc) is 2.00. The van der Waals surface area contributed by atoms with E-state index >= 15 is 0 Å². The van der Waals surface area contributed by atoms with Crippen LogP contribution >= 0.6 is 0 Å². The van der Waals surface area contributed by atoms with Gasteiger partial charge in [-0.25, -0.2) is 0 Å². The molecule has 12 heavy (non-hydrogen) atoms. The molecule has 2 nitrogen and oxygen atoms in total. The first-order chi connectivity index (χ1) is 5.57. The first kappa shape index (κ1) is 10.8. The third-order valence-corrected chi connectivity index (χ3v) is 1.26. The largest absolute Gasteiger partial charge is 0.398 e. The minimum atomic E-state index is 0.485. The molecule has 2 radical (unpaired) electrons. The predicted octanol–water partition coefficient (Wildman–Crippen LogP) is 1.16. The van der Waals surface area contributed by atoms with Crippen molar-refractivity contribution in [2.24, 2.45) is 10.7 Å². The van der Waals surface area contributed by atoms with E-state index in [1.807, 2.05) is 6.92 Å². The fourth-order valence-corrected chi connectivity index (χ4v) is 0.596. The van der Waals surface area contributed by atoms with Crippen molar-refractivity contribution >= 4 is 14.1 Å². The fourth-order valence-electron chi connectivity index (χ4n) is 0.596. The summed E-state index contributed by atoms with van der Waals surface area (Å²) in [6.07, 6.45) is 5.06. The summed E-state index contributed by atoms with van der Waals surface area (Å²) in [6.45, 7) is 5.39. The number of hydrogen-bond donors (Lipinski definition) is 1. The normalized spacial score (nSPS) is 13.8. The van der Waals surface area contributed by atoms with Gasteiger partial charge in [0.1, 0.15) is 7.85 Å². The lowest BCUT2D eigenvalue weighted by atomic mass is 9.97. The van der Waals surface area contributed by atoms with Gasteiger partial charge in [-0.2, -0.15) is 0 Å². The third kappa shape index (κ3) is 4.55. The summed E-state index contributed by atoms with van der Waals surface area (Å²) in [5.74, 6) is 0. The van der Waals surface area contributed by atoms with Crippen molar-refractivity contribution in [2.75, 3.05) is 7.05 Å². The maximum absolute atomic E-state index is 5.66. The van der Waals surface area contributed by atoms with Gasteiger partial charge in [0.25, 0.3) is 0 Å². The van der Waals surface area contributed by atoms with Crippen molar-refractivity contribution in [1.82, 2.24) is 0 Å². The topological polar surface area (TPSA) is 38.4 Å². The highest BCUT2D eigenvalue weighted by Gasteiger charge is 1.88. The summed E-state index contributed by atoms with van der Waals surface area (Å²) >= 11 is 0. The second kappa shape index (κ2) is 5.41. The second-order valence-electron chi connectivity index (χ2n) is 2.43. The molecule has 0 saturated carbocycles. The van der Waals surface area contributed by atoms with Crippen molar-refractivity contribution in [3.05, 3.63) is 35.5 Å². The Morgan fingerprint density at radius 3 is 2.50 bits per heavy atom. The van der Waals surface area contributed by atoms with Crippen molar-refractivity contribution < 1.29 is 0 Å². The minimum Gasteiger partial charge on any atom is -0.398 e. The van der Waals surface area contributed by atoms with E-state index in [9.17, 15) is 0 Å².